The lowest BCUT2D eigenvalue weighted by molar-refractivity contribution is 0.416. The molecule has 120 valence electrons. The average Bonchev–Trinajstić information content (AvgIpc) is 2.98. The van der Waals surface area contributed by atoms with Crippen LogP contribution < -0.4 is 10.1 Å². The minimum atomic E-state index is 0.651. The van der Waals surface area contributed by atoms with Gasteiger partial charge < -0.3 is 10.1 Å². The topological polar surface area (TPSA) is 64.3 Å². The summed E-state index contributed by atoms with van der Waals surface area (Å²) in [6.07, 6.45) is 0. The monoisotopic (exact) mass is 319 g/mol. The predicted octanol–water partition coefficient (Wildman–Crippen LogP) is 3.65. The van der Waals surface area contributed by atoms with Crippen LogP contribution >= 0.6 is 0 Å². The van der Waals surface area contributed by atoms with Gasteiger partial charge in [-0.1, -0.05) is 18.2 Å². The Morgan fingerprint density at radius 1 is 1.04 bits per heavy atom. The number of hydrogen-bond acceptors (Lipinski definition) is 5. The van der Waals surface area contributed by atoms with E-state index in [1.807, 2.05) is 60.7 Å². The zero-order chi connectivity index (χ0) is 16.7. The Labute approximate surface area is 139 Å². The molecule has 0 aliphatic heterocycles. The van der Waals surface area contributed by atoms with Crippen molar-refractivity contribution in [2.75, 3.05) is 12.4 Å². The fraction of sp³-hybridized carbons (Fsp3) is 0.167. The van der Waals surface area contributed by atoms with Crippen molar-refractivity contribution in [3.63, 3.8) is 0 Å². The predicted molar refractivity (Wildman–Crippen MR) is 94.0 cm³/mol. The number of nitrogens with zero attached hydrogens (tertiary/aromatic N) is 4. The molecular weight excluding hydrogens is 302 g/mol. The summed E-state index contributed by atoms with van der Waals surface area (Å²) in [5.74, 6) is 2.23. The summed E-state index contributed by atoms with van der Waals surface area (Å²) in [7, 11) is 1.65. The molecule has 0 saturated heterocycles. The van der Waals surface area contributed by atoms with Gasteiger partial charge in [-0.25, -0.2) is 4.98 Å². The Bertz CT molecular complexity index is 1050. The van der Waals surface area contributed by atoms with E-state index in [0.29, 0.717) is 11.5 Å². The molecule has 4 rings (SSSR count). The minimum Gasteiger partial charge on any atom is -0.495 e. The second-order valence-corrected chi connectivity index (χ2v) is 5.68. The minimum absolute atomic E-state index is 0.651. The lowest BCUT2D eigenvalue weighted by atomic mass is 10.2. The zero-order valence-corrected chi connectivity index (χ0v) is 13.7. The Morgan fingerprint density at radius 2 is 1.88 bits per heavy atom. The van der Waals surface area contributed by atoms with Crippen LogP contribution in [-0.2, 0) is 0 Å². The number of methoxy groups -OCH3 is 1. The number of fused-ring (bicyclic) bond motifs is 3. The van der Waals surface area contributed by atoms with Crippen LogP contribution in [0.2, 0.25) is 0 Å². The van der Waals surface area contributed by atoms with E-state index in [4.69, 9.17) is 9.72 Å². The summed E-state index contributed by atoms with van der Waals surface area (Å²) in [5, 5.41) is 11.9. The first kappa shape index (κ1) is 14.4. The molecule has 24 heavy (non-hydrogen) atoms. The van der Waals surface area contributed by atoms with Crippen molar-refractivity contribution in [1.29, 1.82) is 0 Å². The molecule has 0 aliphatic carbocycles. The summed E-state index contributed by atoms with van der Waals surface area (Å²) in [6.45, 7) is 3.97. The first-order chi connectivity index (χ1) is 11.7. The van der Waals surface area contributed by atoms with Crippen LogP contribution in [-0.4, -0.2) is 26.7 Å². The van der Waals surface area contributed by atoms with Gasteiger partial charge in [-0.2, -0.15) is 0 Å². The first-order valence-corrected chi connectivity index (χ1v) is 7.69. The number of nitrogens with one attached hydrogen (secondary N) is 1. The van der Waals surface area contributed by atoms with Crippen LogP contribution in [0, 0.1) is 13.8 Å². The Hall–Kier alpha value is -3.15. The number of hydrogen-bond donors (Lipinski definition) is 1. The van der Waals surface area contributed by atoms with Gasteiger partial charge >= 0.3 is 0 Å². The van der Waals surface area contributed by atoms with Gasteiger partial charge in [0.25, 0.3) is 0 Å². The molecule has 6 nitrogen and oxygen atoms in total. The second-order valence-electron chi connectivity index (χ2n) is 5.68. The van der Waals surface area contributed by atoms with Gasteiger partial charge in [0.15, 0.2) is 5.82 Å². The molecule has 2 aromatic heterocycles. The van der Waals surface area contributed by atoms with Crippen molar-refractivity contribution in [1.82, 2.24) is 19.6 Å². The van der Waals surface area contributed by atoms with Gasteiger partial charge in [0.05, 0.1) is 23.8 Å². The number of para-hydroxylation sites is 2. The largest absolute Gasteiger partial charge is 0.495 e. The summed E-state index contributed by atoms with van der Waals surface area (Å²) in [6, 6.07) is 13.9. The van der Waals surface area contributed by atoms with Crippen molar-refractivity contribution in [2.45, 2.75) is 13.8 Å². The third kappa shape index (κ3) is 2.23. The molecule has 1 N–H and O–H groups in total. The highest BCUT2D eigenvalue weighted by atomic mass is 16.5. The quantitative estimate of drug-likeness (QED) is 0.624. The Kier molecular flexibility index (Phi) is 3.30. The number of anilines is 2. The molecule has 0 bridgehead atoms. The van der Waals surface area contributed by atoms with Gasteiger partial charge in [0.1, 0.15) is 11.6 Å². The molecule has 6 heteroatoms. The van der Waals surface area contributed by atoms with Gasteiger partial charge in [0, 0.05) is 0 Å². The van der Waals surface area contributed by atoms with E-state index in [2.05, 4.69) is 15.5 Å². The third-order valence-electron chi connectivity index (χ3n) is 4.00. The van der Waals surface area contributed by atoms with Crippen LogP contribution in [0.25, 0.3) is 16.7 Å². The van der Waals surface area contributed by atoms with Gasteiger partial charge in [-0.3, -0.25) is 4.40 Å². The summed E-state index contributed by atoms with van der Waals surface area (Å²) in [4.78, 5) is 4.73. The lowest BCUT2D eigenvalue weighted by Crippen LogP contribution is -2.02. The van der Waals surface area contributed by atoms with Crippen molar-refractivity contribution in [2.24, 2.45) is 0 Å². The molecule has 2 heterocycles. The molecule has 0 radical (unpaired) electrons. The van der Waals surface area contributed by atoms with Crippen molar-refractivity contribution in [3.8, 4) is 5.75 Å². The zero-order valence-electron chi connectivity index (χ0n) is 13.7. The molecule has 0 atom stereocenters. The van der Waals surface area contributed by atoms with Crippen LogP contribution in [0.1, 0.15) is 11.4 Å². The van der Waals surface area contributed by atoms with E-state index in [1.165, 1.54) is 0 Å². The Balaban J connectivity index is 1.95. The van der Waals surface area contributed by atoms with E-state index >= 15 is 0 Å². The van der Waals surface area contributed by atoms with E-state index in [9.17, 15) is 0 Å². The van der Waals surface area contributed by atoms with Crippen LogP contribution in [0.3, 0.4) is 0 Å². The van der Waals surface area contributed by atoms with Gasteiger partial charge in [-0.05, 0) is 43.7 Å². The van der Waals surface area contributed by atoms with Crippen LogP contribution in [0.4, 0.5) is 11.5 Å². The maximum absolute atomic E-state index is 5.44. The SMILES string of the molecule is COc1ccc(C)cc1Nc1nc2ccccc2n2c(C)nnc12. The van der Waals surface area contributed by atoms with Crippen LogP contribution in [0.15, 0.2) is 42.5 Å². The summed E-state index contributed by atoms with van der Waals surface area (Å²) >= 11 is 0. The van der Waals surface area contributed by atoms with E-state index < -0.39 is 0 Å². The van der Waals surface area contributed by atoms with Crippen LogP contribution in [0.5, 0.6) is 5.75 Å². The molecule has 0 unspecified atom stereocenters. The number of aryl methyl sites for hydroxylation is 2. The Morgan fingerprint density at radius 3 is 2.71 bits per heavy atom. The smallest absolute Gasteiger partial charge is 0.204 e. The fourth-order valence-electron chi connectivity index (χ4n) is 2.85. The van der Waals surface area contributed by atoms with E-state index in [-0.39, 0.29) is 0 Å². The first-order valence-electron chi connectivity index (χ1n) is 7.69. The van der Waals surface area contributed by atoms with Gasteiger partial charge in [0.2, 0.25) is 5.65 Å². The third-order valence-corrected chi connectivity index (χ3v) is 4.00. The van der Waals surface area contributed by atoms with Crippen molar-refractivity contribution in [3.05, 3.63) is 53.9 Å². The second kappa shape index (κ2) is 5.49. The van der Waals surface area contributed by atoms with E-state index in [1.54, 1.807) is 7.11 Å². The molecule has 0 spiro atoms. The van der Waals surface area contributed by atoms with Crippen molar-refractivity contribution >= 4 is 28.2 Å². The molecule has 2 aromatic carbocycles. The number of ether oxygens (including phenoxy) is 1. The maximum Gasteiger partial charge on any atom is 0.204 e. The molecule has 4 aromatic rings. The summed E-state index contributed by atoms with van der Waals surface area (Å²) < 4.78 is 7.45. The highest BCUT2D eigenvalue weighted by Gasteiger charge is 2.14. The molecular formula is C18H17N5O. The standard InChI is InChI=1S/C18H17N5O/c1-11-8-9-16(24-3)14(10-11)20-17-18-22-21-12(2)23(18)15-7-5-4-6-13(15)19-17/h4-10H,1-3H3,(H,19,20). The molecule has 0 fully saturated rings. The number of rotatable bonds is 3. The average molecular weight is 319 g/mol. The highest BCUT2D eigenvalue weighted by molar-refractivity contribution is 5.85. The van der Waals surface area contributed by atoms with Crippen molar-refractivity contribution < 1.29 is 4.74 Å². The maximum atomic E-state index is 5.44. The highest BCUT2D eigenvalue weighted by Crippen LogP contribution is 2.30. The molecule has 0 saturated carbocycles. The van der Waals surface area contributed by atoms with E-state index in [0.717, 1.165) is 33.9 Å². The molecule has 0 amide bonds. The molecule has 0 aliphatic rings. The number of aromatic nitrogens is 4. The summed E-state index contributed by atoms with van der Waals surface area (Å²) in [5.41, 5.74) is 4.53. The normalized spacial score (nSPS) is 11.1. The number of benzene rings is 2. The fourth-order valence-corrected chi connectivity index (χ4v) is 2.85. The lowest BCUT2D eigenvalue weighted by Gasteiger charge is -2.13. The van der Waals surface area contributed by atoms with Gasteiger partial charge in [-0.15, -0.1) is 10.2 Å².